The molecular weight excluding hydrogens is 390 g/mol. The molecule has 0 spiro atoms. The van der Waals surface area contributed by atoms with Crippen molar-refractivity contribution in [3.05, 3.63) is 17.8 Å². The smallest absolute Gasteiger partial charge is 0.343 e. The summed E-state index contributed by atoms with van der Waals surface area (Å²) in [6, 6.07) is -0.0919. The quantitative estimate of drug-likeness (QED) is 0.523. The summed E-state index contributed by atoms with van der Waals surface area (Å²) >= 11 is 0. The average molecular weight is 430 g/mol. The maximum absolute atomic E-state index is 13.5. The number of amides is 1. The van der Waals surface area contributed by atoms with Gasteiger partial charge < -0.3 is 4.74 Å². The Balaban J connectivity index is 1.89. The molecule has 0 atom stereocenters. The summed E-state index contributed by atoms with van der Waals surface area (Å²) in [4.78, 5) is 27.9. The van der Waals surface area contributed by atoms with Crippen molar-refractivity contribution in [3.8, 4) is 0 Å². The Labute approximate surface area is 187 Å². The number of hydrogen-bond donors (Lipinski definition) is 0. The van der Waals surface area contributed by atoms with Gasteiger partial charge in [-0.3, -0.25) is 9.69 Å². The van der Waals surface area contributed by atoms with Crippen LogP contribution in [0.1, 0.15) is 95.8 Å². The van der Waals surface area contributed by atoms with Crippen molar-refractivity contribution in [2.45, 2.75) is 91.5 Å². The van der Waals surface area contributed by atoms with E-state index < -0.39 is 5.97 Å². The normalized spacial score (nSPS) is 22.7. The molecule has 0 N–H and O–H groups in total. The highest BCUT2D eigenvalue weighted by molar-refractivity contribution is 6.02. The van der Waals surface area contributed by atoms with Gasteiger partial charge in [-0.2, -0.15) is 0 Å². The zero-order chi connectivity index (χ0) is 22.4. The van der Waals surface area contributed by atoms with Gasteiger partial charge in [0, 0.05) is 24.4 Å². The first kappa shape index (κ1) is 23.6. The fourth-order valence-electron chi connectivity index (χ4n) is 4.83. The minimum absolute atomic E-state index is 0.00317. The van der Waals surface area contributed by atoms with Crippen LogP contribution in [0.3, 0.4) is 0 Å². The van der Waals surface area contributed by atoms with E-state index in [0.29, 0.717) is 23.2 Å². The van der Waals surface area contributed by atoms with Crippen LogP contribution in [-0.2, 0) is 9.53 Å². The Morgan fingerprint density at radius 3 is 2.45 bits per heavy atom. The van der Waals surface area contributed by atoms with E-state index in [4.69, 9.17) is 4.74 Å². The van der Waals surface area contributed by atoms with Crippen molar-refractivity contribution in [1.82, 2.24) is 9.78 Å². The molecule has 6 nitrogen and oxygen atoms in total. The molecule has 2 fully saturated rings. The Morgan fingerprint density at radius 2 is 1.84 bits per heavy atom. The van der Waals surface area contributed by atoms with Gasteiger partial charge in [0.05, 0.1) is 6.61 Å². The van der Waals surface area contributed by atoms with Gasteiger partial charge >= 0.3 is 5.97 Å². The number of anilines is 1. The van der Waals surface area contributed by atoms with Gasteiger partial charge in [-0.25, -0.2) is 9.48 Å². The Bertz CT molecular complexity index is 769. The zero-order valence-electron chi connectivity index (χ0n) is 19.7. The van der Waals surface area contributed by atoms with Gasteiger partial charge in [0.1, 0.15) is 5.56 Å². The summed E-state index contributed by atoms with van der Waals surface area (Å²) < 4.78 is 6.97. The van der Waals surface area contributed by atoms with Crippen molar-refractivity contribution >= 4 is 23.9 Å². The van der Waals surface area contributed by atoms with Crippen LogP contribution in [0.15, 0.2) is 12.3 Å². The third kappa shape index (κ3) is 5.98. The molecule has 2 aliphatic rings. The van der Waals surface area contributed by atoms with E-state index in [2.05, 4.69) is 18.1 Å². The number of carbonyl (C=O) groups excluding carboxylic acids is 2. The lowest BCUT2D eigenvalue weighted by molar-refractivity contribution is -0.123. The predicted octanol–water partition coefficient (Wildman–Crippen LogP) is 5.68. The SMILES string of the molecule is CCOC(=O)c1cn(/C=C/C2CCCCC2)nc1N(C(=O)C1CCC(C)CC1)C(C)C. The minimum Gasteiger partial charge on any atom is -0.462 e. The molecule has 0 aromatic carbocycles. The van der Waals surface area contributed by atoms with Gasteiger partial charge in [-0.15, -0.1) is 5.10 Å². The molecule has 0 aliphatic heterocycles. The van der Waals surface area contributed by atoms with E-state index in [1.807, 2.05) is 20.0 Å². The number of carbonyl (C=O) groups is 2. The van der Waals surface area contributed by atoms with E-state index >= 15 is 0 Å². The molecule has 1 heterocycles. The van der Waals surface area contributed by atoms with Gasteiger partial charge in [0.25, 0.3) is 0 Å². The molecule has 1 amide bonds. The molecule has 2 aliphatic carbocycles. The Kier molecular flexibility index (Phi) is 8.33. The predicted molar refractivity (Wildman–Crippen MR) is 124 cm³/mol. The first-order valence-corrected chi connectivity index (χ1v) is 12.2. The van der Waals surface area contributed by atoms with Crippen molar-refractivity contribution in [3.63, 3.8) is 0 Å². The number of allylic oxidation sites excluding steroid dienone is 1. The summed E-state index contributed by atoms with van der Waals surface area (Å²) in [6.45, 7) is 8.29. The molecule has 2 saturated carbocycles. The third-order valence-corrected chi connectivity index (χ3v) is 6.72. The highest BCUT2D eigenvalue weighted by Crippen LogP contribution is 2.33. The fourth-order valence-corrected chi connectivity index (χ4v) is 4.83. The van der Waals surface area contributed by atoms with Crippen LogP contribution in [0.2, 0.25) is 0 Å². The second-order valence-corrected chi connectivity index (χ2v) is 9.57. The number of hydrogen-bond acceptors (Lipinski definition) is 4. The zero-order valence-corrected chi connectivity index (χ0v) is 19.7. The first-order valence-electron chi connectivity index (χ1n) is 12.2. The summed E-state index contributed by atoms with van der Waals surface area (Å²) in [5.74, 6) is 1.30. The van der Waals surface area contributed by atoms with Crippen molar-refractivity contribution in [2.75, 3.05) is 11.5 Å². The summed E-state index contributed by atoms with van der Waals surface area (Å²) in [5, 5.41) is 4.68. The minimum atomic E-state index is -0.425. The molecule has 172 valence electrons. The number of aromatic nitrogens is 2. The standard InChI is InChI=1S/C25H39N3O3/c1-5-31-25(30)22-17-27(16-15-20-9-7-6-8-10-20)26-23(22)28(18(2)3)24(29)21-13-11-19(4)12-14-21/h15-21H,5-14H2,1-4H3/b16-15+. The molecule has 1 aromatic rings. The van der Waals surface area contributed by atoms with Gasteiger partial charge in [0.2, 0.25) is 5.91 Å². The summed E-state index contributed by atoms with van der Waals surface area (Å²) in [7, 11) is 0. The van der Waals surface area contributed by atoms with E-state index in [0.717, 1.165) is 25.7 Å². The largest absolute Gasteiger partial charge is 0.462 e. The van der Waals surface area contributed by atoms with E-state index in [9.17, 15) is 9.59 Å². The molecule has 0 radical (unpaired) electrons. The van der Waals surface area contributed by atoms with Crippen molar-refractivity contribution in [2.24, 2.45) is 17.8 Å². The van der Waals surface area contributed by atoms with Crippen molar-refractivity contribution in [1.29, 1.82) is 0 Å². The number of esters is 1. The average Bonchev–Trinajstić information content (AvgIpc) is 3.17. The maximum Gasteiger partial charge on any atom is 0.343 e. The first-order chi connectivity index (χ1) is 14.9. The van der Waals surface area contributed by atoms with Gasteiger partial charge in [-0.1, -0.05) is 32.3 Å². The topological polar surface area (TPSA) is 64.4 Å². The molecule has 0 saturated heterocycles. The number of ether oxygens (including phenoxy) is 1. The van der Waals surface area contributed by atoms with Crippen LogP contribution in [0, 0.1) is 17.8 Å². The van der Waals surface area contributed by atoms with Crippen molar-refractivity contribution < 1.29 is 14.3 Å². The maximum atomic E-state index is 13.5. The van der Waals surface area contributed by atoms with E-state index in [-0.39, 0.29) is 24.5 Å². The van der Waals surface area contributed by atoms with Crippen LogP contribution in [0.5, 0.6) is 0 Å². The Morgan fingerprint density at radius 1 is 1.16 bits per heavy atom. The molecule has 0 bridgehead atoms. The van der Waals surface area contributed by atoms with Gasteiger partial charge in [-0.05, 0) is 71.1 Å². The number of rotatable bonds is 7. The lowest BCUT2D eigenvalue weighted by atomic mass is 9.82. The molecule has 3 rings (SSSR count). The summed E-state index contributed by atoms with van der Waals surface area (Å²) in [5.41, 5.74) is 0.362. The molecule has 31 heavy (non-hydrogen) atoms. The lowest BCUT2D eigenvalue weighted by Gasteiger charge is -2.32. The van der Waals surface area contributed by atoms with Crippen LogP contribution in [0.25, 0.3) is 6.20 Å². The second kappa shape index (κ2) is 11.0. The third-order valence-electron chi connectivity index (χ3n) is 6.72. The highest BCUT2D eigenvalue weighted by atomic mass is 16.5. The van der Waals surface area contributed by atoms with Crippen LogP contribution >= 0.6 is 0 Å². The monoisotopic (exact) mass is 429 g/mol. The highest BCUT2D eigenvalue weighted by Gasteiger charge is 2.34. The second-order valence-electron chi connectivity index (χ2n) is 9.57. The molecule has 6 heteroatoms. The lowest BCUT2D eigenvalue weighted by Crippen LogP contribution is -2.43. The molecule has 0 unspecified atom stereocenters. The van der Waals surface area contributed by atoms with E-state index in [1.54, 1.807) is 22.7 Å². The Hall–Kier alpha value is -2.11. The fraction of sp³-hybridized carbons (Fsp3) is 0.720. The van der Waals surface area contributed by atoms with Gasteiger partial charge in [0.15, 0.2) is 5.82 Å². The molecule has 1 aromatic heterocycles. The van der Waals surface area contributed by atoms with Crippen LogP contribution in [-0.4, -0.2) is 34.3 Å². The van der Waals surface area contributed by atoms with E-state index in [1.165, 1.54) is 32.1 Å². The van der Waals surface area contributed by atoms with Crippen LogP contribution in [0.4, 0.5) is 5.82 Å². The summed E-state index contributed by atoms with van der Waals surface area (Å²) in [6.07, 6.45) is 16.0. The van der Waals surface area contributed by atoms with Crippen LogP contribution < -0.4 is 4.90 Å². The number of nitrogens with zero attached hydrogens (tertiary/aromatic N) is 3. The molecular formula is C25H39N3O3.